The molecule has 32 heavy (non-hydrogen) atoms. The molecule has 0 aliphatic rings. The van der Waals surface area contributed by atoms with Gasteiger partial charge in [-0.05, 0) is 42.8 Å². The van der Waals surface area contributed by atoms with E-state index in [2.05, 4.69) is 15.8 Å². The number of halogens is 2. The molecular weight excluding hydrogens is 453 g/mol. The van der Waals surface area contributed by atoms with Crippen LogP contribution in [0, 0.1) is 0 Å². The zero-order valence-corrected chi connectivity index (χ0v) is 18.6. The minimum atomic E-state index is -0.911. The van der Waals surface area contributed by atoms with Crippen molar-refractivity contribution < 1.29 is 18.7 Å². The molecule has 0 unspecified atom stereocenters. The number of benzene rings is 2. The lowest BCUT2D eigenvalue weighted by Crippen LogP contribution is -2.50. The monoisotopic (exact) mass is 473 g/mol. The summed E-state index contributed by atoms with van der Waals surface area (Å²) in [7, 11) is 0. The number of hydrogen-bond donors (Lipinski definition) is 2. The predicted molar refractivity (Wildman–Crippen MR) is 123 cm³/mol. The number of nitrogens with zero attached hydrogens (tertiary/aromatic N) is 1. The van der Waals surface area contributed by atoms with Crippen molar-refractivity contribution in [2.24, 2.45) is 5.10 Å². The molecule has 9 heteroatoms. The minimum absolute atomic E-state index is 0.267. The van der Waals surface area contributed by atoms with E-state index in [1.54, 1.807) is 31.2 Å². The molecule has 0 fully saturated rings. The van der Waals surface area contributed by atoms with E-state index in [4.69, 9.17) is 32.4 Å². The SMILES string of the molecule is C[C@@H](Oc1ccc(Cl)cc1Cl)C(=O)N[C@H](Cc1ccccc1)C(=O)N/N=C\c1ccco1. The van der Waals surface area contributed by atoms with E-state index in [0.717, 1.165) is 5.56 Å². The van der Waals surface area contributed by atoms with Crippen molar-refractivity contribution in [3.8, 4) is 5.75 Å². The Kier molecular flexibility index (Phi) is 8.30. The van der Waals surface area contributed by atoms with E-state index < -0.39 is 24.0 Å². The average Bonchev–Trinajstić information content (AvgIpc) is 3.29. The van der Waals surface area contributed by atoms with Crippen LogP contribution in [0.2, 0.25) is 10.0 Å². The second-order valence-corrected chi connectivity index (χ2v) is 7.68. The molecule has 2 atom stereocenters. The Morgan fingerprint density at radius 2 is 1.88 bits per heavy atom. The Hall–Kier alpha value is -3.29. The van der Waals surface area contributed by atoms with Crippen molar-refractivity contribution in [1.82, 2.24) is 10.7 Å². The summed E-state index contributed by atoms with van der Waals surface area (Å²) >= 11 is 12.0. The number of amides is 2. The first-order valence-corrected chi connectivity index (χ1v) is 10.5. The number of carbonyl (C=O) groups excluding carboxylic acids is 2. The number of furan rings is 1. The number of hydrogen-bond acceptors (Lipinski definition) is 5. The fraction of sp³-hybridized carbons (Fsp3) is 0.174. The molecule has 2 amide bonds. The highest BCUT2D eigenvalue weighted by atomic mass is 35.5. The van der Waals surface area contributed by atoms with Crippen molar-refractivity contribution in [3.63, 3.8) is 0 Å². The predicted octanol–water partition coefficient (Wildman–Crippen LogP) is 4.23. The van der Waals surface area contributed by atoms with Gasteiger partial charge in [0.05, 0.1) is 17.5 Å². The van der Waals surface area contributed by atoms with Crippen molar-refractivity contribution in [3.05, 3.63) is 88.3 Å². The molecule has 0 spiro atoms. The lowest BCUT2D eigenvalue weighted by atomic mass is 10.1. The van der Waals surface area contributed by atoms with Gasteiger partial charge in [0.1, 0.15) is 17.6 Å². The third kappa shape index (κ3) is 6.87. The fourth-order valence-electron chi connectivity index (χ4n) is 2.77. The Balaban J connectivity index is 1.67. The highest BCUT2D eigenvalue weighted by Crippen LogP contribution is 2.28. The molecule has 7 nitrogen and oxygen atoms in total. The van der Waals surface area contributed by atoms with Crippen LogP contribution in [0.4, 0.5) is 0 Å². The fourth-order valence-corrected chi connectivity index (χ4v) is 3.22. The van der Waals surface area contributed by atoms with Gasteiger partial charge in [0, 0.05) is 11.4 Å². The molecule has 0 bridgehead atoms. The number of rotatable bonds is 9. The molecule has 0 saturated heterocycles. The average molecular weight is 474 g/mol. The maximum atomic E-state index is 12.8. The van der Waals surface area contributed by atoms with Crippen LogP contribution in [0.25, 0.3) is 0 Å². The first-order valence-electron chi connectivity index (χ1n) is 9.75. The number of nitrogens with one attached hydrogen (secondary N) is 2. The minimum Gasteiger partial charge on any atom is -0.479 e. The van der Waals surface area contributed by atoms with Gasteiger partial charge in [-0.1, -0.05) is 53.5 Å². The molecule has 3 aromatic rings. The first kappa shape index (κ1) is 23.4. The molecule has 0 radical (unpaired) electrons. The molecule has 2 N–H and O–H groups in total. The quantitative estimate of drug-likeness (QED) is 0.359. The van der Waals surface area contributed by atoms with Crippen molar-refractivity contribution in [2.45, 2.75) is 25.5 Å². The van der Waals surface area contributed by atoms with Gasteiger partial charge in [-0.3, -0.25) is 9.59 Å². The van der Waals surface area contributed by atoms with Crippen molar-refractivity contribution >= 4 is 41.2 Å². The van der Waals surface area contributed by atoms with Gasteiger partial charge in [-0.2, -0.15) is 5.10 Å². The molecule has 1 heterocycles. The summed E-state index contributed by atoms with van der Waals surface area (Å²) < 4.78 is 10.8. The summed E-state index contributed by atoms with van der Waals surface area (Å²) in [4.78, 5) is 25.5. The topological polar surface area (TPSA) is 92.9 Å². The van der Waals surface area contributed by atoms with Crippen LogP contribution >= 0.6 is 23.2 Å². The van der Waals surface area contributed by atoms with E-state index in [0.29, 0.717) is 16.5 Å². The van der Waals surface area contributed by atoms with Gasteiger partial charge in [-0.25, -0.2) is 5.43 Å². The molecule has 3 rings (SSSR count). The van der Waals surface area contributed by atoms with Crippen LogP contribution in [0.5, 0.6) is 5.75 Å². The van der Waals surface area contributed by atoms with Crippen LogP contribution in [-0.4, -0.2) is 30.2 Å². The standard InChI is InChI=1S/C23H21Cl2N3O4/c1-15(32-21-10-9-17(24)13-19(21)25)22(29)27-20(12-16-6-3-2-4-7-16)23(30)28-26-14-18-8-5-11-31-18/h2-11,13-15,20H,12H2,1H3,(H,27,29)(H,28,30)/b26-14-/t15-,20-/m1/s1. The second kappa shape index (κ2) is 11.4. The smallest absolute Gasteiger partial charge is 0.262 e. The van der Waals surface area contributed by atoms with Gasteiger partial charge < -0.3 is 14.5 Å². The van der Waals surface area contributed by atoms with Crippen LogP contribution in [0.3, 0.4) is 0 Å². The zero-order chi connectivity index (χ0) is 22.9. The largest absolute Gasteiger partial charge is 0.479 e. The summed E-state index contributed by atoms with van der Waals surface area (Å²) in [6.07, 6.45) is 2.22. The van der Waals surface area contributed by atoms with Crippen LogP contribution in [0.1, 0.15) is 18.2 Å². The first-order chi connectivity index (χ1) is 15.4. The van der Waals surface area contributed by atoms with E-state index in [-0.39, 0.29) is 11.4 Å². The van der Waals surface area contributed by atoms with Crippen molar-refractivity contribution in [1.29, 1.82) is 0 Å². The summed E-state index contributed by atoms with van der Waals surface area (Å²) in [6, 6.07) is 16.5. The van der Waals surface area contributed by atoms with Crippen LogP contribution in [-0.2, 0) is 16.0 Å². The third-order valence-electron chi connectivity index (χ3n) is 4.39. The highest BCUT2D eigenvalue weighted by molar-refractivity contribution is 6.35. The van der Waals surface area contributed by atoms with E-state index in [1.165, 1.54) is 18.5 Å². The Bertz CT molecular complexity index is 1070. The number of hydrazone groups is 1. The van der Waals surface area contributed by atoms with Gasteiger partial charge in [0.15, 0.2) is 6.10 Å². The summed E-state index contributed by atoms with van der Waals surface area (Å²) in [5, 5.41) is 7.34. The second-order valence-electron chi connectivity index (χ2n) is 6.84. The van der Waals surface area contributed by atoms with E-state index in [1.807, 2.05) is 30.3 Å². The van der Waals surface area contributed by atoms with Gasteiger partial charge >= 0.3 is 0 Å². The summed E-state index contributed by atoms with van der Waals surface area (Å²) in [6.45, 7) is 1.56. The zero-order valence-electron chi connectivity index (χ0n) is 17.1. The molecule has 0 aliphatic heterocycles. The number of carbonyl (C=O) groups is 2. The van der Waals surface area contributed by atoms with Gasteiger partial charge in [-0.15, -0.1) is 0 Å². The van der Waals surface area contributed by atoms with Crippen molar-refractivity contribution in [2.75, 3.05) is 0 Å². The van der Waals surface area contributed by atoms with E-state index >= 15 is 0 Å². The van der Waals surface area contributed by atoms with E-state index in [9.17, 15) is 9.59 Å². The molecule has 166 valence electrons. The molecule has 1 aromatic heterocycles. The Morgan fingerprint density at radius 1 is 1.09 bits per heavy atom. The lowest BCUT2D eigenvalue weighted by Gasteiger charge is -2.21. The summed E-state index contributed by atoms with van der Waals surface area (Å²) in [5.74, 6) is -0.175. The summed E-state index contributed by atoms with van der Waals surface area (Å²) in [5.41, 5.74) is 3.30. The molecular formula is C23H21Cl2N3O4. The maximum Gasteiger partial charge on any atom is 0.262 e. The molecule has 2 aromatic carbocycles. The lowest BCUT2D eigenvalue weighted by molar-refractivity contribution is -0.132. The highest BCUT2D eigenvalue weighted by Gasteiger charge is 2.25. The van der Waals surface area contributed by atoms with Gasteiger partial charge in [0.2, 0.25) is 0 Å². The molecule has 0 aliphatic carbocycles. The number of ether oxygens (including phenoxy) is 1. The Morgan fingerprint density at radius 3 is 2.56 bits per heavy atom. The van der Waals surface area contributed by atoms with Gasteiger partial charge in [0.25, 0.3) is 11.8 Å². The third-order valence-corrected chi connectivity index (χ3v) is 4.92. The van der Waals surface area contributed by atoms with Crippen LogP contribution in [0.15, 0.2) is 76.4 Å². The van der Waals surface area contributed by atoms with Crippen LogP contribution < -0.4 is 15.5 Å². The Labute approximate surface area is 195 Å². The normalized spacial score (nSPS) is 12.8. The maximum absolute atomic E-state index is 12.8. The molecule has 0 saturated carbocycles.